The molecule has 18 heavy (non-hydrogen) atoms. The van der Waals surface area contributed by atoms with E-state index in [4.69, 9.17) is 0 Å². The maximum Gasteiger partial charge on any atom is 0.416 e. The summed E-state index contributed by atoms with van der Waals surface area (Å²) in [5.74, 6) is 0. The molecule has 0 aliphatic heterocycles. The maximum absolute atomic E-state index is 12.4. The topological polar surface area (TPSA) is 46.2 Å². The summed E-state index contributed by atoms with van der Waals surface area (Å²) in [4.78, 5) is -0.418. The third-order valence-electron chi connectivity index (χ3n) is 2.04. The van der Waals surface area contributed by atoms with Gasteiger partial charge in [-0.1, -0.05) is 18.2 Å². The summed E-state index contributed by atoms with van der Waals surface area (Å²) in [6, 6.07) is 3.58. The first-order valence-electron chi connectivity index (χ1n) is 4.94. The number of benzene rings is 1. The van der Waals surface area contributed by atoms with Gasteiger partial charge in [-0.25, -0.2) is 13.1 Å². The van der Waals surface area contributed by atoms with E-state index in [9.17, 15) is 21.6 Å². The number of rotatable bonds is 4. The lowest BCUT2D eigenvalue weighted by molar-refractivity contribution is -0.137. The molecule has 1 aromatic carbocycles. The van der Waals surface area contributed by atoms with Crippen LogP contribution in [0.4, 0.5) is 13.2 Å². The van der Waals surface area contributed by atoms with Gasteiger partial charge in [0.15, 0.2) is 0 Å². The van der Waals surface area contributed by atoms with Gasteiger partial charge in [0, 0.05) is 6.54 Å². The first kappa shape index (κ1) is 14.7. The van der Waals surface area contributed by atoms with Crippen LogP contribution in [-0.2, 0) is 16.2 Å². The van der Waals surface area contributed by atoms with E-state index in [0.29, 0.717) is 11.6 Å². The summed E-state index contributed by atoms with van der Waals surface area (Å²) in [6.07, 6.45) is -4.57. The zero-order valence-electron chi connectivity index (χ0n) is 9.58. The van der Waals surface area contributed by atoms with Crippen molar-refractivity contribution in [2.24, 2.45) is 0 Å². The minimum atomic E-state index is -4.57. The lowest BCUT2D eigenvalue weighted by Crippen LogP contribution is -2.25. The number of halogens is 3. The van der Waals surface area contributed by atoms with Crippen LogP contribution in [0.2, 0.25) is 0 Å². The van der Waals surface area contributed by atoms with Gasteiger partial charge in [-0.15, -0.1) is 0 Å². The third kappa shape index (κ3) is 3.85. The SMILES string of the molecule is C=C(C)CNS(=O)(=O)c1cccc(C(F)(F)F)c1. The Labute approximate surface area is 103 Å². The highest BCUT2D eigenvalue weighted by Crippen LogP contribution is 2.30. The van der Waals surface area contributed by atoms with Crippen molar-refractivity contribution in [2.45, 2.75) is 18.0 Å². The van der Waals surface area contributed by atoms with E-state index in [-0.39, 0.29) is 6.54 Å². The molecule has 1 aromatic rings. The predicted octanol–water partition coefficient (Wildman–Crippen LogP) is 2.56. The fourth-order valence-electron chi connectivity index (χ4n) is 1.14. The molecular formula is C11H12F3NO2S. The summed E-state index contributed by atoms with van der Waals surface area (Å²) < 4.78 is 62.9. The highest BCUT2D eigenvalue weighted by molar-refractivity contribution is 7.89. The molecule has 0 amide bonds. The zero-order valence-corrected chi connectivity index (χ0v) is 10.4. The molecule has 0 atom stereocenters. The van der Waals surface area contributed by atoms with Crippen molar-refractivity contribution in [1.29, 1.82) is 0 Å². The van der Waals surface area contributed by atoms with E-state index in [1.54, 1.807) is 6.92 Å². The average Bonchev–Trinajstić information content (AvgIpc) is 2.26. The summed E-state index contributed by atoms with van der Waals surface area (Å²) in [7, 11) is -3.95. The second-order valence-corrected chi connectivity index (χ2v) is 5.57. The summed E-state index contributed by atoms with van der Waals surface area (Å²) >= 11 is 0. The second kappa shape index (κ2) is 5.11. The van der Waals surface area contributed by atoms with Crippen molar-refractivity contribution in [3.63, 3.8) is 0 Å². The number of nitrogens with one attached hydrogen (secondary N) is 1. The summed E-state index contributed by atoms with van der Waals surface area (Å²) in [6.45, 7) is 5.09. The van der Waals surface area contributed by atoms with Crippen LogP contribution in [0.15, 0.2) is 41.3 Å². The van der Waals surface area contributed by atoms with Gasteiger partial charge in [0.25, 0.3) is 0 Å². The Bertz CT molecular complexity index is 550. The quantitative estimate of drug-likeness (QED) is 0.861. The smallest absolute Gasteiger partial charge is 0.207 e. The normalized spacial score (nSPS) is 12.4. The molecule has 1 N–H and O–H groups in total. The molecule has 0 heterocycles. The molecule has 100 valence electrons. The summed E-state index contributed by atoms with van der Waals surface area (Å²) in [5, 5.41) is 0. The molecule has 0 fully saturated rings. The minimum absolute atomic E-state index is 0.0153. The number of alkyl halides is 3. The number of hydrogen-bond donors (Lipinski definition) is 1. The van der Waals surface area contributed by atoms with Crippen LogP contribution in [0.5, 0.6) is 0 Å². The standard InChI is InChI=1S/C11H12F3NO2S/c1-8(2)7-15-18(16,17)10-5-3-4-9(6-10)11(12,13)14/h3-6,15H,1,7H2,2H3. The van der Waals surface area contributed by atoms with Crippen LogP contribution < -0.4 is 4.72 Å². The maximum atomic E-state index is 12.4. The molecule has 0 unspecified atom stereocenters. The van der Waals surface area contributed by atoms with Gasteiger partial charge in [-0.05, 0) is 25.1 Å². The molecule has 3 nitrogen and oxygen atoms in total. The molecule has 0 aliphatic carbocycles. The second-order valence-electron chi connectivity index (χ2n) is 3.81. The van der Waals surface area contributed by atoms with Gasteiger partial charge in [-0.3, -0.25) is 0 Å². The van der Waals surface area contributed by atoms with Gasteiger partial charge in [0.2, 0.25) is 10.0 Å². The fourth-order valence-corrected chi connectivity index (χ4v) is 2.28. The largest absolute Gasteiger partial charge is 0.416 e. The van der Waals surface area contributed by atoms with E-state index in [1.807, 2.05) is 0 Å². The highest BCUT2D eigenvalue weighted by atomic mass is 32.2. The molecule has 1 rings (SSSR count). The first-order valence-corrected chi connectivity index (χ1v) is 6.42. The van der Waals surface area contributed by atoms with Gasteiger partial charge < -0.3 is 0 Å². The number of hydrogen-bond acceptors (Lipinski definition) is 2. The van der Waals surface area contributed by atoms with Crippen LogP contribution in [0.3, 0.4) is 0 Å². The minimum Gasteiger partial charge on any atom is -0.207 e. The Kier molecular flexibility index (Phi) is 4.18. The van der Waals surface area contributed by atoms with E-state index in [2.05, 4.69) is 11.3 Å². The molecule has 0 bridgehead atoms. The van der Waals surface area contributed by atoms with Gasteiger partial charge in [0.05, 0.1) is 10.5 Å². The van der Waals surface area contributed by atoms with Crippen molar-refractivity contribution in [3.8, 4) is 0 Å². The predicted molar refractivity (Wildman–Crippen MR) is 61.4 cm³/mol. The van der Waals surface area contributed by atoms with E-state index >= 15 is 0 Å². The van der Waals surface area contributed by atoms with Gasteiger partial charge >= 0.3 is 6.18 Å². The van der Waals surface area contributed by atoms with E-state index < -0.39 is 26.7 Å². The molecule has 0 spiro atoms. The van der Waals surface area contributed by atoms with Gasteiger partial charge in [-0.2, -0.15) is 13.2 Å². The van der Waals surface area contributed by atoms with E-state index in [0.717, 1.165) is 18.2 Å². The molecular weight excluding hydrogens is 267 g/mol. The Morgan fingerprint density at radius 3 is 2.50 bits per heavy atom. The van der Waals surface area contributed by atoms with Crippen molar-refractivity contribution in [2.75, 3.05) is 6.54 Å². The third-order valence-corrected chi connectivity index (χ3v) is 3.43. The molecule has 0 radical (unpaired) electrons. The molecule has 0 saturated heterocycles. The van der Waals surface area contributed by atoms with E-state index in [1.165, 1.54) is 0 Å². The van der Waals surface area contributed by atoms with Gasteiger partial charge in [0.1, 0.15) is 0 Å². The number of sulfonamides is 1. The average molecular weight is 279 g/mol. The highest BCUT2D eigenvalue weighted by Gasteiger charge is 2.31. The Morgan fingerprint density at radius 2 is 2.00 bits per heavy atom. The van der Waals surface area contributed by atoms with Crippen LogP contribution in [0.1, 0.15) is 12.5 Å². The van der Waals surface area contributed by atoms with Crippen molar-refractivity contribution in [1.82, 2.24) is 4.72 Å². The molecule has 0 aliphatic rings. The Hall–Kier alpha value is -1.34. The van der Waals surface area contributed by atoms with Crippen LogP contribution in [0.25, 0.3) is 0 Å². The molecule has 0 saturated carbocycles. The molecule has 0 aromatic heterocycles. The monoisotopic (exact) mass is 279 g/mol. The lowest BCUT2D eigenvalue weighted by Gasteiger charge is -2.10. The van der Waals surface area contributed by atoms with Crippen molar-refractivity contribution >= 4 is 10.0 Å². The zero-order chi connectivity index (χ0) is 14.0. The van der Waals surface area contributed by atoms with Crippen molar-refractivity contribution < 1.29 is 21.6 Å². The van der Waals surface area contributed by atoms with Crippen LogP contribution in [-0.4, -0.2) is 15.0 Å². The Balaban J connectivity index is 3.07. The summed E-state index contributed by atoms with van der Waals surface area (Å²) in [5.41, 5.74) is -0.439. The first-order chi connectivity index (χ1) is 8.13. The lowest BCUT2D eigenvalue weighted by atomic mass is 10.2. The Morgan fingerprint density at radius 1 is 1.39 bits per heavy atom. The molecule has 7 heteroatoms. The van der Waals surface area contributed by atoms with Crippen LogP contribution in [0, 0.1) is 0 Å². The van der Waals surface area contributed by atoms with Crippen LogP contribution >= 0.6 is 0 Å². The fraction of sp³-hybridized carbons (Fsp3) is 0.273. The van der Waals surface area contributed by atoms with Crippen molar-refractivity contribution in [3.05, 3.63) is 42.0 Å².